The van der Waals surface area contributed by atoms with Gasteiger partial charge < -0.3 is 34.2 Å². The van der Waals surface area contributed by atoms with E-state index in [0.717, 1.165) is 6.42 Å². The third-order valence-electron chi connectivity index (χ3n) is 4.58. The molecule has 0 fully saturated rings. The van der Waals surface area contributed by atoms with Crippen molar-refractivity contribution in [1.82, 2.24) is 0 Å². The van der Waals surface area contributed by atoms with E-state index in [1.807, 2.05) is 6.92 Å². The number of nitrogens with two attached hydrogens (primary N) is 1. The number of carbonyl (C=O) groups excluding carboxylic acids is 4. The molecule has 0 aliphatic heterocycles. The van der Waals surface area contributed by atoms with E-state index in [0.29, 0.717) is 12.0 Å². The van der Waals surface area contributed by atoms with Gasteiger partial charge in [0.1, 0.15) is 18.8 Å². The van der Waals surface area contributed by atoms with Gasteiger partial charge in [-0.3, -0.25) is 9.59 Å². The van der Waals surface area contributed by atoms with E-state index in [9.17, 15) is 19.2 Å². The van der Waals surface area contributed by atoms with Gasteiger partial charge in [0.15, 0.2) is 11.5 Å². The summed E-state index contributed by atoms with van der Waals surface area (Å²) in [5.41, 5.74) is 6.48. The van der Waals surface area contributed by atoms with Crippen molar-refractivity contribution >= 4 is 24.2 Å². The summed E-state index contributed by atoms with van der Waals surface area (Å²) in [6.45, 7) is 8.65. The number of hydrogen-bond donors (Lipinski definition) is 1. The van der Waals surface area contributed by atoms with E-state index in [-0.39, 0.29) is 49.6 Å². The Labute approximate surface area is 205 Å². The number of esters is 2. The van der Waals surface area contributed by atoms with Crippen LogP contribution < -0.4 is 15.2 Å². The maximum absolute atomic E-state index is 12.4. The summed E-state index contributed by atoms with van der Waals surface area (Å²) in [6, 6.07) is 3.25. The van der Waals surface area contributed by atoms with Gasteiger partial charge in [-0.2, -0.15) is 0 Å². The van der Waals surface area contributed by atoms with Crippen molar-refractivity contribution in [3.8, 4) is 11.5 Å². The van der Waals surface area contributed by atoms with Gasteiger partial charge in [-0.25, -0.2) is 9.59 Å². The average Bonchev–Trinajstić information content (AvgIpc) is 2.79. The molecule has 0 aliphatic carbocycles. The molecule has 0 aliphatic rings. The van der Waals surface area contributed by atoms with E-state index in [2.05, 4.69) is 0 Å². The fraction of sp³-hybridized carbons (Fsp3) is 0.583. The number of hydrogen-bond acceptors (Lipinski definition) is 11. The Morgan fingerprint density at radius 2 is 1.46 bits per heavy atom. The second-order valence-electron chi connectivity index (χ2n) is 7.73. The van der Waals surface area contributed by atoms with Crippen molar-refractivity contribution in [2.75, 3.05) is 19.8 Å². The topological polar surface area (TPSA) is 150 Å². The molecule has 1 aromatic carbocycles. The Morgan fingerprint density at radius 1 is 0.857 bits per heavy atom. The lowest BCUT2D eigenvalue weighted by Crippen LogP contribution is -2.37. The lowest BCUT2D eigenvalue weighted by molar-refractivity contribution is -0.161. The van der Waals surface area contributed by atoms with Crippen molar-refractivity contribution in [3.05, 3.63) is 23.8 Å². The predicted molar refractivity (Wildman–Crippen MR) is 124 cm³/mol. The van der Waals surface area contributed by atoms with Crippen molar-refractivity contribution in [3.63, 3.8) is 0 Å². The molecular formula is C24H35NO10. The summed E-state index contributed by atoms with van der Waals surface area (Å²) in [5, 5.41) is 0. The summed E-state index contributed by atoms with van der Waals surface area (Å²) in [7, 11) is 0. The fourth-order valence-corrected chi connectivity index (χ4v) is 2.87. The predicted octanol–water partition coefficient (Wildman–Crippen LogP) is 3.54. The number of ether oxygens (including phenoxy) is 6. The van der Waals surface area contributed by atoms with Gasteiger partial charge in [-0.15, -0.1) is 0 Å². The molecule has 0 heterocycles. The zero-order chi connectivity index (χ0) is 26.4. The lowest BCUT2D eigenvalue weighted by atomic mass is 10.1. The van der Waals surface area contributed by atoms with E-state index in [4.69, 9.17) is 34.2 Å². The maximum Gasteiger partial charge on any atom is 0.513 e. The number of benzene rings is 1. The monoisotopic (exact) mass is 497 g/mol. The van der Waals surface area contributed by atoms with Crippen LogP contribution in [0.1, 0.15) is 53.0 Å². The second kappa shape index (κ2) is 15.5. The van der Waals surface area contributed by atoms with Gasteiger partial charge in [-0.1, -0.05) is 26.3 Å². The van der Waals surface area contributed by atoms with Crippen molar-refractivity contribution in [1.29, 1.82) is 0 Å². The zero-order valence-electron chi connectivity index (χ0n) is 20.9. The minimum atomic E-state index is -1.06. The molecule has 1 aromatic rings. The molecule has 0 aromatic heterocycles. The van der Waals surface area contributed by atoms with Gasteiger partial charge in [0.05, 0.1) is 19.1 Å². The van der Waals surface area contributed by atoms with Crippen LogP contribution in [0.5, 0.6) is 11.5 Å². The molecule has 1 unspecified atom stereocenters. The highest BCUT2D eigenvalue weighted by molar-refractivity contribution is 5.76. The van der Waals surface area contributed by atoms with Crippen LogP contribution in [0.25, 0.3) is 0 Å². The molecule has 1 rings (SSSR count). The molecule has 2 N–H and O–H groups in total. The minimum Gasteiger partial charge on any atom is -0.462 e. The first-order valence-electron chi connectivity index (χ1n) is 11.6. The Balaban J connectivity index is 2.78. The molecule has 11 nitrogen and oxygen atoms in total. The van der Waals surface area contributed by atoms with E-state index < -0.39 is 30.4 Å². The molecule has 0 bridgehead atoms. The van der Waals surface area contributed by atoms with Gasteiger partial charge in [-0.05, 0) is 51.3 Å². The van der Waals surface area contributed by atoms with Crippen LogP contribution in [0.15, 0.2) is 18.2 Å². The Morgan fingerprint density at radius 3 is 2.03 bits per heavy atom. The van der Waals surface area contributed by atoms with E-state index in [1.54, 1.807) is 33.8 Å². The summed E-state index contributed by atoms with van der Waals surface area (Å²) in [6.07, 6.45) is -1.07. The smallest absolute Gasteiger partial charge is 0.462 e. The van der Waals surface area contributed by atoms with Crippen molar-refractivity contribution < 1.29 is 47.6 Å². The first kappa shape index (κ1) is 29.7. The summed E-state index contributed by atoms with van der Waals surface area (Å²) in [4.78, 5) is 47.7. The minimum absolute atomic E-state index is 0.0255. The largest absolute Gasteiger partial charge is 0.513 e. The number of rotatable bonds is 13. The highest BCUT2D eigenvalue weighted by Gasteiger charge is 2.22. The lowest BCUT2D eigenvalue weighted by Gasteiger charge is -2.18. The second-order valence-corrected chi connectivity index (χ2v) is 7.73. The molecular weight excluding hydrogens is 462 g/mol. The Bertz CT molecular complexity index is 857. The van der Waals surface area contributed by atoms with Gasteiger partial charge in [0.2, 0.25) is 0 Å². The third kappa shape index (κ3) is 11.1. The molecule has 0 amide bonds. The normalized spacial score (nSPS) is 13.1. The summed E-state index contributed by atoms with van der Waals surface area (Å²) < 4.78 is 30.1. The van der Waals surface area contributed by atoms with Gasteiger partial charge >= 0.3 is 24.2 Å². The van der Waals surface area contributed by atoms with Crippen LogP contribution in [0.2, 0.25) is 0 Å². The van der Waals surface area contributed by atoms with Crippen LogP contribution >= 0.6 is 0 Å². The molecule has 0 spiro atoms. The molecule has 196 valence electrons. The highest BCUT2D eigenvalue weighted by Crippen LogP contribution is 2.30. The zero-order valence-corrected chi connectivity index (χ0v) is 20.9. The summed E-state index contributed by atoms with van der Waals surface area (Å²) >= 11 is 0. The molecule has 35 heavy (non-hydrogen) atoms. The average molecular weight is 498 g/mol. The SMILES string of the molecule is CCCC(C)C(=O)OC[C@H](C)OC(=O)[C@@H](N)Cc1ccc(OC(=O)OCC)c(OC(=O)OCC)c1. The molecule has 0 radical (unpaired) electrons. The molecule has 3 atom stereocenters. The summed E-state index contributed by atoms with van der Waals surface area (Å²) in [5.74, 6) is -1.47. The first-order valence-corrected chi connectivity index (χ1v) is 11.6. The van der Waals surface area contributed by atoms with Crippen LogP contribution in [0, 0.1) is 5.92 Å². The van der Waals surface area contributed by atoms with Gasteiger partial charge in [0.25, 0.3) is 0 Å². The quantitative estimate of drug-likeness (QED) is 0.242. The highest BCUT2D eigenvalue weighted by atomic mass is 16.7. The third-order valence-corrected chi connectivity index (χ3v) is 4.58. The fourth-order valence-electron chi connectivity index (χ4n) is 2.87. The molecule has 11 heteroatoms. The van der Waals surface area contributed by atoms with Crippen LogP contribution in [0.4, 0.5) is 9.59 Å². The van der Waals surface area contributed by atoms with Gasteiger partial charge in [0, 0.05) is 0 Å². The van der Waals surface area contributed by atoms with Crippen LogP contribution in [0.3, 0.4) is 0 Å². The number of carbonyl (C=O) groups is 4. The van der Waals surface area contributed by atoms with E-state index in [1.165, 1.54) is 12.1 Å². The standard InChI is InChI=1S/C24H35NO10/c1-6-9-15(4)21(26)32-14-16(5)33-22(27)18(25)12-17-10-11-19(34-23(28)30-7-2)20(13-17)35-24(29)31-8-3/h10-11,13,15-16,18H,6-9,12,14,25H2,1-5H3/t15?,16-,18-/m0/s1. The van der Waals surface area contributed by atoms with E-state index >= 15 is 0 Å². The first-order chi connectivity index (χ1) is 16.6. The molecule has 0 saturated heterocycles. The molecule has 0 saturated carbocycles. The Hall–Kier alpha value is -3.34. The van der Waals surface area contributed by atoms with Crippen molar-refractivity contribution in [2.24, 2.45) is 11.7 Å². The maximum atomic E-state index is 12.4. The van der Waals surface area contributed by atoms with Crippen LogP contribution in [-0.2, 0) is 35.0 Å². The Kier molecular flexibility index (Phi) is 13.2. The van der Waals surface area contributed by atoms with Crippen LogP contribution in [-0.4, -0.2) is 56.2 Å². The van der Waals surface area contributed by atoms with Crippen molar-refractivity contribution in [2.45, 2.75) is 66.0 Å².